The summed E-state index contributed by atoms with van der Waals surface area (Å²) in [6, 6.07) is 4.07. The summed E-state index contributed by atoms with van der Waals surface area (Å²) in [5, 5.41) is 6.17. The van der Waals surface area contributed by atoms with Gasteiger partial charge in [-0.15, -0.1) is 0 Å². The molecule has 3 atom stereocenters. The predicted octanol–water partition coefficient (Wildman–Crippen LogP) is 3.77. The van der Waals surface area contributed by atoms with Crippen LogP contribution in [0.5, 0.6) is 0 Å². The van der Waals surface area contributed by atoms with E-state index in [1.807, 2.05) is 31.0 Å². The number of amides is 2. The lowest BCUT2D eigenvalue weighted by atomic mass is 9.80. The highest BCUT2D eigenvalue weighted by molar-refractivity contribution is 7.83. The van der Waals surface area contributed by atoms with Gasteiger partial charge in [-0.2, -0.15) is 0 Å². The molecule has 1 heterocycles. The van der Waals surface area contributed by atoms with Crippen molar-refractivity contribution in [2.24, 2.45) is 11.3 Å². The molecule has 1 aromatic carbocycles. The molecule has 30 heavy (non-hydrogen) atoms. The Morgan fingerprint density at radius 3 is 2.73 bits per heavy atom. The Balaban J connectivity index is 1.80. The van der Waals surface area contributed by atoms with Crippen LogP contribution in [0.3, 0.4) is 0 Å². The van der Waals surface area contributed by atoms with Crippen LogP contribution in [0.4, 0.5) is 10.5 Å². The molecule has 0 aromatic heterocycles. The van der Waals surface area contributed by atoms with Gasteiger partial charge in [0.15, 0.2) is 0 Å². The third-order valence-corrected chi connectivity index (χ3v) is 7.58. The number of likely N-dealkylation sites (tertiary alicyclic amines) is 1. The summed E-state index contributed by atoms with van der Waals surface area (Å²) >= 11 is 0. The normalized spacial score (nSPS) is 24.0. The van der Waals surface area contributed by atoms with Gasteiger partial charge in [-0.3, -0.25) is 0 Å². The Labute approximate surface area is 183 Å². The van der Waals surface area contributed by atoms with Crippen LogP contribution in [-0.2, 0) is 17.4 Å². The number of anilines is 1. The van der Waals surface area contributed by atoms with Crippen LogP contribution in [0.1, 0.15) is 51.7 Å². The zero-order valence-corrected chi connectivity index (χ0v) is 19.7. The quantitative estimate of drug-likeness (QED) is 0.663. The number of urea groups is 1. The lowest BCUT2D eigenvalue weighted by Gasteiger charge is -2.44. The van der Waals surface area contributed by atoms with Gasteiger partial charge < -0.3 is 15.5 Å². The molecule has 3 unspecified atom stereocenters. The number of fused-ring (bicyclic) bond motifs is 1. The van der Waals surface area contributed by atoms with Gasteiger partial charge in [0.05, 0.1) is 4.90 Å². The fourth-order valence-corrected chi connectivity index (χ4v) is 5.83. The maximum Gasteiger partial charge on any atom is 0.317 e. The molecule has 1 saturated heterocycles. The van der Waals surface area contributed by atoms with Crippen LogP contribution in [0.25, 0.3) is 6.08 Å². The predicted molar refractivity (Wildman–Crippen MR) is 125 cm³/mol. The molecule has 0 bridgehead atoms. The van der Waals surface area contributed by atoms with Crippen molar-refractivity contribution in [1.29, 1.82) is 0 Å². The van der Waals surface area contributed by atoms with Gasteiger partial charge in [0.1, 0.15) is 11.0 Å². The van der Waals surface area contributed by atoms with Crippen molar-refractivity contribution in [3.8, 4) is 0 Å². The third kappa shape index (κ3) is 4.89. The Morgan fingerprint density at radius 2 is 2.07 bits per heavy atom. The molecule has 166 valence electrons. The lowest BCUT2D eigenvalue weighted by Crippen LogP contribution is -2.57. The van der Waals surface area contributed by atoms with E-state index in [1.54, 1.807) is 0 Å². The number of nitrogens with zero attached hydrogens (tertiary/aromatic N) is 1. The van der Waals surface area contributed by atoms with Gasteiger partial charge in [-0.05, 0) is 60.8 Å². The van der Waals surface area contributed by atoms with Gasteiger partial charge in [0.25, 0.3) is 0 Å². The molecule has 1 aliphatic heterocycles. The van der Waals surface area contributed by atoms with Crippen LogP contribution in [-0.4, -0.2) is 47.9 Å². The van der Waals surface area contributed by atoms with Gasteiger partial charge in [-0.25, -0.2) is 13.7 Å². The summed E-state index contributed by atoms with van der Waals surface area (Å²) in [5.41, 5.74) is 3.26. The molecular formula is C23H36N4O2S. The van der Waals surface area contributed by atoms with Crippen molar-refractivity contribution < 1.29 is 9.00 Å². The highest BCUT2D eigenvalue weighted by atomic mass is 32.2. The number of allylic oxidation sites excluding steroid dienone is 1. The number of nitrogens with one attached hydrogen (secondary N) is 3. The van der Waals surface area contributed by atoms with Crippen molar-refractivity contribution in [1.82, 2.24) is 14.9 Å². The lowest BCUT2D eigenvalue weighted by molar-refractivity contribution is 0.105. The van der Waals surface area contributed by atoms with E-state index in [1.165, 1.54) is 5.56 Å². The van der Waals surface area contributed by atoms with E-state index in [9.17, 15) is 9.00 Å². The van der Waals surface area contributed by atoms with Crippen molar-refractivity contribution in [3.05, 3.63) is 29.3 Å². The molecule has 7 heteroatoms. The molecule has 0 radical (unpaired) electrons. The van der Waals surface area contributed by atoms with Crippen molar-refractivity contribution >= 4 is 28.8 Å². The highest BCUT2D eigenvalue weighted by Crippen LogP contribution is 2.34. The molecule has 2 aliphatic rings. The Bertz CT molecular complexity index is 837. The number of rotatable bonds is 5. The van der Waals surface area contributed by atoms with E-state index >= 15 is 0 Å². The minimum atomic E-state index is -1.32. The number of carbonyl (C=O) groups excluding carboxylic acids is 1. The van der Waals surface area contributed by atoms with Gasteiger partial charge in [0.2, 0.25) is 0 Å². The fraction of sp³-hybridized carbons (Fsp3) is 0.609. The molecule has 1 aliphatic carbocycles. The van der Waals surface area contributed by atoms with E-state index in [-0.39, 0.29) is 17.5 Å². The summed E-state index contributed by atoms with van der Waals surface area (Å²) in [7, 11) is 0.618. The summed E-state index contributed by atoms with van der Waals surface area (Å²) in [4.78, 5) is 14.9. The molecule has 3 N–H and O–H groups in total. The smallest absolute Gasteiger partial charge is 0.317 e. The number of piperidine rings is 1. The van der Waals surface area contributed by atoms with Crippen molar-refractivity contribution in [2.45, 2.75) is 57.9 Å². The van der Waals surface area contributed by atoms with Crippen LogP contribution in [0, 0.1) is 11.3 Å². The van der Waals surface area contributed by atoms with Crippen LogP contribution in [0.2, 0.25) is 0 Å². The first-order chi connectivity index (χ1) is 14.3. The Morgan fingerprint density at radius 1 is 1.30 bits per heavy atom. The number of benzene rings is 1. The first-order valence-corrected chi connectivity index (χ1v) is 12.1. The van der Waals surface area contributed by atoms with E-state index in [0.717, 1.165) is 35.4 Å². The van der Waals surface area contributed by atoms with E-state index in [0.29, 0.717) is 25.6 Å². The molecule has 0 spiro atoms. The minimum Gasteiger partial charge on any atom is -0.388 e. The first-order valence-electron chi connectivity index (χ1n) is 11.0. The highest BCUT2D eigenvalue weighted by Gasteiger charge is 2.38. The summed E-state index contributed by atoms with van der Waals surface area (Å²) in [5.74, 6) is 0.508. The summed E-state index contributed by atoms with van der Waals surface area (Å²) in [6.07, 6.45) is 7.21. The topological polar surface area (TPSA) is 73.5 Å². The maximum absolute atomic E-state index is 13.4. The van der Waals surface area contributed by atoms with Crippen LogP contribution < -0.4 is 15.4 Å². The molecule has 1 aromatic rings. The number of hydrogen-bond acceptors (Lipinski definition) is 3. The maximum atomic E-state index is 13.4. The van der Waals surface area contributed by atoms with E-state index < -0.39 is 11.0 Å². The first kappa shape index (κ1) is 22.8. The molecule has 0 saturated carbocycles. The number of hydrogen-bond donors (Lipinski definition) is 3. The molecule has 2 amide bonds. The zero-order chi connectivity index (χ0) is 21.9. The van der Waals surface area contributed by atoms with Crippen LogP contribution >= 0.6 is 0 Å². The minimum absolute atomic E-state index is 0.0163. The van der Waals surface area contributed by atoms with Gasteiger partial charge in [-0.1, -0.05) is 32.9 Å². The molecular weight excluding hydrogens is 396 g/mol. The van der Waals surface area contributed by atoms with Gasteiger partial charge in [0, 0.05) is 38.4 Å². The average molecular weight is 433 g/mol. The van der Waals surface area contributed by atoms with E-state index in [2.05, 4.69) is 48.3 Å². The SMILES string of the molecule is CCNC(=O)N1CCC(NS(=O)c2ccc(NC)c3c2C=CC(C)CC3)C(C)(C)C1. The monoisotopic (exact) mass is 432 g/mol. The number of carbonyl (C=O) groups is 1. The summed E-state index contributed by atoms with van der Waals surface area (Å²) < 4.78 is 16.8. The summed E-state index contributed by atoms with van der Waals surface area (Å²) in [6.45, 7) is 10.4. The Kier molecular flexibility index (Phi) is 7.24. The Hall–Kier alpha value is -1.86. The second-order valence-electron chi connectivity index (χ2n) is 9.10. The zero-order valence-electron chi connectivity index (χ0n) is 18.9. The molecule has 1 fully saturated rings. The van der Waals surface area contributed by atoms with Crippen molar-refractivity contribution in [2.75, 3.05) is 32.0 Å². The second kappa shape index (κ2) is 9.52. The largest absolute Gasteiger partial charge is 0.388 e. The molecule has 3 rings (SSSR count). The third-order valence-electron chi connectivity index (χ3n) is 6.32. The van der Waals surface area contributed by atoms with E-state index in [4.69, 9.17) is 0 Å². The van der Waals surface area contributed by atoms with Gasteiger partial charge >= 0.3 is 6.03 Å². The second-order valence-corrected chi connectivity index (χ2v) is 10.3. The molecule has 6 nitrogen and oxygen atoms in total. The fourth-order valence-electron chi connectivity index (χ4n) is 4.42. The van der Waals surface area contributed by atoms with Crippen LogP contribution in [0.15, 0.2) is 23.1 Å². The standard InChI is InChI=1S/C23H36N4O2S/c1-6-25-22(28)27-14-13-21(23(3,4)15-27)26-30(29)20-12-11-19(24-5)17-9-7-16(2)8-10-18(17)20/h8,10-12,16,21,24,26H,6-7,9,13-15H2,1-5H3,(H,25,28). The average Bonchev–Trinajstić information content (AvgIpc) is 2.90. The van der Waals surface area contributed by atoms with Crippen molar-refractivity contribution in [3.63, 3.8) is 0 Å².